The van der Waals surface area contributed by atoms with Gasteiger partial charge in [0.15, 0.2) is 17.7 Å². The molecule has 3 nitrogen and oxygen atoms in total. The van der Waals surface area contributed by atoms with E-state index in [4.69, 9.17) is 10.2 Å². The summed E-state index contributed by atoms with van der Waals surface area (Å²) < 4.78 is 25.6. The normalized spacial score (nSPS) is 12.5. The van der Waals surface area contributed by atoms with Crippen LogP contribution < -0.4 is 0 Å². The zero-order valence-electron chi connectivity index (χ0n) is 7.08. The first-order valence-corrected chi connectivity index (χ1v) is 3.86. The minimum Gasteiger partial charge on any atom is -0.479 e. The van der Waals surface area contributed by atoms with Gasteiger partial charge in [-0.25, -0.2) is 13.6 Å². The standard InChI is InChI=1S/C9H8F2O3/c10-6-3-1-2-5(8(6)11)4-7(12)9(13)14/h1-3,7,12H,4H2,(H,13,14). The molecule has 0 heterocycles. The molecule has 1 aromatic rings. The smallest absolute Gasteiger partial charge is 0.332 e. The molecule has 0 aliphatic carbocycles. The Morgan fingerprint density at radius 3 is 2.64 bits per heavy atom. The molecular weight excluding hydrogens is 194 g/mol. The van der Waals surface area contributed by atoms with Gasteiger partial charge >= 0.3 is 5.97 Å². The van der Waals surface area contributed by atoms with Gasteiger partial charge in [0.2, 0.25) is 0 Å². The fraction of sp³-hybridized carbons (Fsp3) is 0.222. The van der Waals surface area contributed by atoms with Gasteiger partial charge in [0, 0.05) is 6.42 Å². The van der Waals surface area contributed by atoms with E-state index in [0.29, 0.717) is 0 Å². The second-order valence-corrected chi connectivity index (χ2v) is 2.77. The van der Waals surface area contributed by atoms with Gasteiger partial charge in [-0.3, -0.25) is 0 Å². The van der Waals surface area contributed by atoms with Crippen LogP contribution in [-0.2, 0) is 11.2 Å². The lowest BCUT2D eigenvalue weighted by Crippen LogP contribution is -2.22. The van der Waals surface area contributed by atoms with Gasteiger partial charge < -0.3 is 10.2 Å². The molecule has 0 aromatic heterocycles. The molecule has 0 spiro atoms. The molecule has 1 atom stereocenters. The summed E-state index contributed by atoms with van der Waals surface area (Å²) in [6, 6.07) is 3.40. The third kappa shape index (κ3) is 2.26. The molecule has 14 heavy (non-hydrogen) atoms. The van der Waals surface area contributed by atoms with E-state index in [9.17, 15) is 13.6 Å². The maximum absolute atomic E-state index is 12.9. The van der Waals surface area contributed by atoms with Crippen molar-refractivity contribution in [2.75, 3.05) is 0 Å². The first kappa shape index (κ1) is 10.6. The highest BCUT2D eigenvalue weighted by atomic mass is 19.2. The molecule has 1 unspecified atom stereocenters. The summed E-state index contributed by atoms with van der Waals surface area (Å²) >= 11 is 0. The molecule has 0 saturated heterocycles. The van der Waals surface area contributed by atoms with E-state index in [-0.39, 0.29) is 5.56 Å². The van der Waals surface area contributed by atoms with Crippen LogP contribution in [0.2, 0.25) is 0 Å². The number of rotatable bonds is 3. The summed E-state index contributed by atoms with van der Waals surface area (Å²) in [5.74, 6) is -3.64. The number of aliphatic carboxylic acids is 1. The van der Waals surface area contributed by atoms with Gasteiger partial charge in [-0.2, -0.15) is 0 Å². The average Bonchev–Trinajstić information content (AvgIpc) is 2.12. The van der Waals surface area contributed by atoms with E-state index in [2.05, 4.69) is 0 Å². The number of carboxylic acids is 1. The van der Waals surface area contributed by atoms with Crippen LogP contribution in [0.3, 0.4) is 0 Å². The number of aliphatic hydroxyl groups is 1. The van der Waals surface area contributed by atoms with Crippen molar-refractivity contribution in [2.24, 2.45) is 0 Å². The first-order valence-electron chi connectivity index (χ1n) is 3.86. The van der Waals surface area contributed by atoms with E-state index < -0.39 is 30.1 Å². The SMILES string of the molecule is O=C(O)C(O)Cc1cccc(F)c1F. The van der Waals surface area contributed by atoms with Gasteiger partial charge in [-0.15, -0.1) is 0 Å². The Morgan fingerprint density at radius 1 is 1.43 bits per heavy atom. The van der Waals surface area contributed by atoms with E-state index in [1.54, 1.807) is 0 Å². The van der Waals surface area contributed by atoms with Crippen molar-refractivity contribution in [2.45, 2.75) is 12.5 Å². The van der Waals surface area contributed by atoms with Crippen LogP contribution in [0.15, 0.2) is 18.2 Å². The zero-order valence-corrected chi connectivity index (χ0v) is 7.08. The number of hydrogen-bond donors (Lipinski definition) is 2. The Morgan fingerprint density at radius 2 is 2.07 bits per heavy atom. The van der Waals surface area contributed by atoms with Gasteiger partial charge in [-0.05, 0) is 11.6 Å². The highest BCUT2D eigenvalue weighted by molar-refractivity contribution is 5.72. The summed E-state index contributed by atoms with van der Waals surface area (Å²) in [6.45, 7) is 0. The number of carbonyl (C=O) groups is 1. The highest BCUT2D eigenvalue weighted by Gasteiger charge is 2.17. The van der Waals surface area contributed by atoms with Crippen LogP contribution in [0.1, 0.15) is 5.56 Å². The third-order valence-electron chi connectivity index (χ3n) is 1.73. The predicted octanol–water partition coefficient (Wildman–Crippen LogP) is 0.953. The lowest BCUT2D eigenvalue weighted by atomic mass is 10.1. The molecule has 0 saturated carbocycles. The van der Waals surface area contributed by atoms with Crippen molar-refractivity contribution in [3.05, 3.63) is 35.4 Å². The van der Waals surface area contributed by atoms with Crippen LogP contribution in [0.25, 0.3) is 0 Å². The van der Waals surface area contributed by atoms with Crippen molar-refractivity contribution >= 4 is 5.97 Å². The molecule has 1 aromatic carbocycles. The quantitative estimate of drug-likeness (QED) is 0.767. The van der Waals surface area contributed by atoms with E-state index in [1.807, 2.05) is 0 Å². The van der Waals surface area contributed by atoms with Crippen molar-refractivity contribution < 1.29 is 23.8 Å². The van der Waals surface area contributed by atoms with Crippen LogP contribution in [0.5, 0.6) is 0 Å². The van der Waals surface area contributed by atoms with Gasteiger partial charge in [-0.1, -0.05) is 12.1 Å². The Kier molecular flexibility index (Phi) is 3.14. The van der Waals surface area contributed by atoms with Gasteiger partial charge in [0.1, 0.15) is 0 Å². The lowest BCUT2D eigenvalue weighted by molar-refractivity contribution is -0.146. The summed E-state index contributed by atoms with van der Waals surface area (Å²) in [5, 5.41) is 17.2. The molecule has 0 bridgehead atoms. The lowest BCUT2D eigenvalue weighted by Gasteiger charge is -2.06. The maximum Gasteiger partial charge on any atom is 0.332 e. The number of carboxylic acid groups (broad SMARTS) is 1. The largest absolute Gasteiger partial charge is 0.479 e. The van der Waals surface area contributed by atoms with Crippen molar-refractivity contribution in [1.82, 2.24) is 0 Å². The van der Waals surface area contributed by atoms with Gasteiger partial charge in [0.05, 0.1) is 0 Å². The Balaban J connectivity index is 2.87. The topological polar surface area (TPSA) is 57.5 Å². The summed E-state index contributed by atoms with van der Waals surface area (Å²) in [4.78, 5) is 10.2. The van der Waals surface area contributed by atoms with Crippen molar-refractivity contribution in [3.63, 3.8) is 0 Å². The fourth-order valence-electron chi connectivity index (χ4n) is 1.00. The summed E-state index contributed by atoms with van der Waals surface area (Å²) in [5.41, 5.74) is -0.153. The molecule has 0 aliphatic heterocycles. The predicted molar refractivity (Wildman–Crippen MR) is 43.7 cm³/mol. The molecule has 0 fully saturated rings. The summed E-state index contributed by atoms with van der Waals surface area (Å²) in [7, 11) is 0. The van der Waals surface area contributed by atoms with Crippen LogP contribution >= 0.6 is 0 Å². The Hall–Kier alpha value is -1.49. The third-order valence-corrected chi connectivity index (χ3v) is 1.73. The number of halogens is 2. The molecule has 5 heteroatoms. The molecule has 76 valence electrons. The minimum atomic E-state index is -1.72. The van der Waals surface area contributed by atoms with Crippen LogP contribution in [-0.4, -0.2) is 22.3 Å². The number of aliphatic hydroxyl groups excluding tert-OH is 1. The molecule has 0 aliphatic rings. The van der Waals surface area contributed by atoms with E-state index in [1.165, 1.54) is 12.1 Å². The van der Waals surface area contributed by atoms with E-state index >= 15 is 0 Å². The monoisotopic (exact) mass is 202 g/mol. The first-order chi connectivity index (χ1) is 6.52. The molecule has 2 N–H and O–H groups in total. The summed E-state index contributed by atoms with van der Waals surface area (Å²) in [6.07, 6.45) is -2.16. The zero-order chi connectivity index (χ0) is 10.7. The minimum absolute atomic E-state index is 0.153. The van der Waals surface area contributed by atoms with Crippen LogP contribution in [0, 0.1) is 11.6 Å². The van der Waals surface area contributed by atoms with Crippen molar-refractivity contribution in [3.8, 4) is 0 Å². The highest BCUT2D eigenvalue weighted by Crippen LogP contribution is 2.13. The average molecular weight is 202 g/mol. The molecular formula is C9H8F2O3. The number of hydrogen-bond acceptors (Lipinski definition) is 2. The molecule has 1 rings (SSSR count). The molecule has 0 radical (unpaired) electrons. The molecule has 0 amide bonds. The fourth-order valence-corrected chi connectivity index (χ4v) is 1.00. The number of benzene rings is 1. The van der Waals surface area contributed by atoms with E-state index in [0.717, 1.165) is 6.07 Å². The second-order valence-electron chi connectivity index (χ2n) is 2.77. The van der Waals surface area contributed by atoms with Crippen molar-refractivity contribution in [1.29, 1.82) is 0 Å². The maximum atomic E-state index is 12.9. The van der Waals surface area contributed by atoms with Crippen LogP contribution in [0.4, 0.5) is 8.78 Å². The second kappa shape index (κ2) is 4.15. The van der Waals surface area contributed by atoms with Gasteiger partial charge in [0.25, 0.3) is 0 Å². The Labute approximate surface area is 78.6 Å². The Bertz CT molecular complexity index is 352.